The molecule has 1 atom stereocenters. The fourth-order valence-electron chi connectivity index (χ4n) is 12.2. The van der Waals surface area contributed by atoms with Crippen LogP contribution in [-0.4, -0.2) is 34.5 Å². The molecule has 0 fully saturated rings. The van der Waals surface area contributed by atoms with Crippen molar-refractivity contribution in [3.05, 3.63) is 196 Å². The van der Waals surface area contributed by atoms with Crippen molar-refractivity contribution in [2.75, 3.05) is 6.67 Å². The van der Waals surface area contributed by atoms with Gasteiger partial charge in [-0.05, 0) is 208 Å². The predicted molar refractivity (Wildman–Crippen MR) is 441 cm³/mol. The summed E-state index contributed by atoms with van der Waals surface area (Å²) in [5, 5.41) is 13.7. The number of amides is 2. The molecular formula is C90H117N5O3S4. The van der Waals surface area contributed by atoms with Crippen LogP contribution < -0.4 is 10.7 Å². The van der Waals surface area contributed by atoms with Gasteiger partial charge in [-0.15, -0.1) is 45.3 Å². The number of thiophene rings is 4. The molecule has 0 spiro atoms. The molecule has 0 aliphatic carbocycles. The Balaban J connectivity index is 0.000000192. The van der Waals surface area contributed by atoms with Crippen molar-refractivity contribution in [3.8, 4) is 36.7 Å². The van der Waals surface area contributed by atoms with Gasteiger partial charge in [-0.2, -0.15) is 5.26 Å². The van der Waals surface area contributed by atoms with Crippen LogP contribution >= 0.6 is 45.3 Å². The van der Waals surface area contributed by atoms with E-state index < -0.39 is 11.1 Å². The van der Waals surface area contributed by atoms with Crippen molar-refractivity contribution < 1.29 is 14.3 Å². The second-order valence-corrected chi connectivity index (χ2v) is 41.6. The van der Waals surface area contributed by atoms with E-state index in [0.717, 1.165) is 78.4 Å². The van der Waals surface area contributed by atoms with Gasteiger partial charge in [0.25, 0.3) is 11.8 Å². The number of hydrogen-bond acceptors (Lipinski definition) is 10. The summed E-state index contributed by atoms with van der Waals surface area (Å²) in [6, 6.07) is 34.5. The number of carbonyl (C=O) groups is 2. The average Bonchev–Trinajstić information content (AvgIpc) is 0.998. The SMILES string of the molecule is CC(C)(C)/C=C/c1ccc(-c2ccc(-c3ccc(CC(C)(C)C)s3)c3c2=NCN=3)s1.CC(C)(C)/C=C/c1ccc(-c2ccc(CC(C)(C)C)s2)s1.CC(C)(C)CCCc1ccc2c3c(cccc13)C(=O)N(C(C)(C)C)C2=O.[C-]#[N+]/C(C)=C1\OC(C)(CCCC(C)(C)C)C(/C=C/C(C)(C)C)=C1C#N. The third kappa shape index (κ3) is 23.5. The Morgan fingerprint density at radius 2 is 1.00 bits per heavy atom. The summed E-state index contributed by atoms with van der Waals surface area (Å²) >= 11 is 7.52. The molecule has 8 nitrogen and oxygen atoms in total. The zero-order chi connectivity index (χ0) is 75.9. The average molecular weight is 1450 g/mol. The summed E-state index contributed by atoms with van der Waals surface area (Å²) in [6.45, 7) is 64.2. The highest BCUT2D eigenvalue weighted by Gasteiger charge is 2.42. The highest BCUT2D eigenvalue weighted by Crippen LogP contribution is 2.46. The van der Waals surface area contributed by atoms with E-state index in [-0.39, 0.29) is 33.5 Å². The Hall–Kier alpha value is -7.06. The van der Waals surface area contributed by atoms with Crippen LogP contribution in [0.2, 0.25) is 0 Å². The van der Waals surface area contributed by atoms with Crippen molar-refractivity contribution in [2.45, 2.75) is 243 Å². The first-order valence-corrected chi connectivity index (χ1v) is 39.7. The summed E-state index contributed by atoms with van der Waals surface area (Å²) in [4.78, 5) is 51.3. The molecule has 0 saturated heterocycles. The highest BCUT2D eigenvalue weighted by atomic mass is 32.1. The second kappa shape index (κ2) is 32.5. The van der Waals surface area contributed by atoms with Crippen molar-refractivity contribution in [1.29, 1.82) is 5.26 Å². The minimum absolute atomic E-state index is 0.0151. The lowest BCUT2D eigenvalue weighted by molar-refractivity contribution is 0.0460. The Kier molecular flexibility index (Phi) is 26.2. The molecule has 12 heteroatoms. The second-order valence-electron chi connectivity index (χ2n) is 37.0. The number of aryl methyl sites for hydroxylation is 1. The molecule has 0 N–H and O–H groups in total. The van der Waals surface area contributed by atoms with E-state index in [4.69, 9.17) is 21.3 Å². The smallest absolute Gasteiger partial charge is 0.261 e. The largest absolute Gasteiger partial charge is 0.493 e. The molecule has 0 radical (unpaired) electrons. The first-order valence-electron chi connectivity index (χ1n) is 36.4. The molecule has 7 heterocycles. The van der Waals surface area contributed by atoms with E-state index in [0.29, 0.717) is 51.1 Å². The minimum Gasteiger partial charge on any atom is -0.493 e. The maximum absolute atomic E-state index is 13.0. The van der Waals surface area contributed by atoms with E-state index in [2.05, 4.69) is 253 Å². The van der Waals surface area contributed by atoms with Crippen LogP contribution in [0, 0.1) is 55.8 Å². The van der Waals surface area contributed by atoms with Gasteiger partial charge in [-0.3, -0.25) is 24.5 Å². The number of carbonyl (C=O) groups excluding carboxylic acids is 2. The third-order valence-electron chi connectivity index (χ3n) is 17.2. The summed E-state index contributed by atoms with van der Waals surface area (Å²) < 4.78 is 6.22. The first-order chi connectivity index (χ1) is 47.0. The van der Waals surface area contributed by atoms with Crippen molar-refractivity contribution in [1.82, 2.24) is 4.90 Å². The third-order valence-corrected chi connectivity index (χ3v) is 21.8. The van der Waals surface area contributed by atoms with Gasteiger partial charge in [-0.25, -0.2) is 4.85 Å². The lowest BCUT2D eigenvalue weighted by Crippen LogP contribution is -2.51. The van der Waals surface area contributed by atoms with Gasteiger partial charge in [0.15, 0.2) is 0 Å². The molecule has 102 heavy (non-hydrogen) atoms. The first kappa shape index (κ1) is 82.2. The number of fused-ring (bicyclic) bond motifs is 1. The molecule has 4 aromatic heterocycles. The number of rotatable bonds is 14. The molecule has 544 valence electrons. The van der Waals surface area contributed by atoms with Gasteiger partial charge in [-0.1, -0.05) is 200 Å². The molecule has 2 amide bonds. The molecule has 0 saturated carbocycles. The Labute approximate surface area is 630 Å². The van der Waals surface area contributed by atoms with Gasteiger partial charge < -0.3 is 4.74 Å². The van der Waals surface area contributed by atoms with Gasteiger partial charge in [0.2, 0.25) is 5.70 Å². The van der Waals surface area contributed by atoms with Crippen LogP contribution in [0.3, 0.4) is 0 Å². The molecule has 3 aliphatic heterocycles. The zero-order valence-electron chi connectivity index (χ0n) is 66.6. The number of benzene rings is 3. The summed E-state index contributed by atoms with van der Waals surface area (Å²) in [6.07, 6.45) is 21.5. The molecule has 3 aromatic carbocycles. The molecule has 7 aromatic rings. The minimum atomic E-state index is -0.556. The monoisotopic (exact) mass is 1440 g/mol. The number of allylic oxidation sites excluding steroid dienone is 5. The van der Waals surface area contributed by atoms with E-state index >= 15 is 0 Å². The topological polar surface area (TPSA) is 99.5 Å². The number of imide groups is 1. The molecule has 10 rings (SSSR count). The van der Waals surface area contributed by atoms with E-state index in [1.54, 1.807) is 6.92 Å². The Morgan fingerprint density at radius 3 is 1.49 bits per heavy atom. The maximum Gasteiger partial charge on any atom is 0.261 e. The molecular weight excluding hydrogens is 1330 g/mol. The molecule has 0 bridgehead atoms. The van der Waals surface area contributed by atoms with Crippen LogP contribution in [0.15, 0.2) is 148 Å². The lowest BCUT2D eigenvalue weighted by atomic mass is 9.83. The number of hydrogen-bond donors (Lipinski definition) is 0. The molecule has 1 unspecified atom stereocenters. The van der Waals surface area contributed by atoms with Crippen molar-refractivity contribution >= 4 is 80.1 Å². The summed E-state index contributed by atoms with van der Waals surface area (Å²) in [7, 11) is 0. The highest BCUT2D eigenvalue weighted by molar-refractivity contribution is 7.22. The quantitative estimate of drug-likeness (QED) is 0.0800. The van der Waals surface area contributed by atoms with E-state index in [1.807, 2.05) is 103 Å². The summed E-state index contributed by atoms with van der Waals surface area (Å²) in [5.41, 5.74) is 7.35. The van der Waals surface area contributed by atoms with Gasteiger partial charge in [0, 0.05) is 77.8 Å². The summed E-state index contributed by atoms with van der Waals surface area (Å²) in [5.74, 6) is 0.0733. The fourth-order valence-corrected chi connectivity index (χ4v) is 16.8. The Morgan fingerprint density at radius 1 is 0.559 bits per heavy atom. The van der Waals surface area contributed by atoms with E-state index in [9.17, 15) is 14.9 Å². The van der Waals surface area contributed by atoms with Crippen LogP contribution in [-0.2, 0) is 24.0 Å². The van der Waals surface area contributed by atoms with Gasteiger partial charge in [0.1, 0.15) is 24.1 Å². The fraction of sp³-hybridized carbons (Fsp3) is 0.489. The number of nitriles is 1. The van der Waals surface area contributed by atoms with Gasteiger partial charge >= 0.3 is 0 Å². The number of ether oxygens (including phenoxy) is 1. The normalized spacial score (nSPS) is 16.5. The van der Waals surface area contributed by atoms with Crippen molar-refractivity contribution in [3.63, 3.8) is 0 Å². The van der Waals surface area contributed by atoms with Crippen molar-refractivity contribution in [2.24, 2.45) is 47.9 Å². The zero-order valence-corrected chi connectivity index (χ0v) is 69.8. The predicted octanol–water partition coefficient (Wildman–Crippen LogP) is 26.3. The van der Waals surface area contributed by atoms with E-state index in [1.165, 1.54) is 60.6 Å². The lowest BCUT2D eigenvalue weighted by Gasteiger charge is -2.37. The standard InChI is InChI=1S/C26H30N2S2.C23H29NO2.C22H32N2O.C19H26S2/c1-25(2,3)14-13-17-7-11-21(29-17)19-9-10-20(24-23(19)27-16-28-24)22-12-8-18(30-22)15-26(4,5)6;1-22(2,3)14-8-9-15-12-13-18-19-16(15)10-7-11-17(19)20(25)24(21(18)26)23(4,5)6;1-16(24-9)19-17(15-23)18(11-14-21(5,6)7)22(8,25-19)13-10-12-20(2,3)4;1-18(2,3)12-11-14-7-9-16(20-14)17-10-8-15(21-17)13-19(4,5)6/h7-14H,15-16H2,1-6H3;7,10-13H,8-9,14H2,1-6H3;11,14H,10,12-13H2,1-8H3;7-12H,13H2,1-6H3/b14-13+;;14-11+,19-16-;12-11+. The van der Waals surface area contributed by atoms with Gasteiger partial charge in [0.05, 0.1) is 22.9 Å². The Bertz CT molecular complexity index is 4510. The van der Waals surface area contributed by atoms with Crippen LogP contribution in [0.4, 0.5) is 0 Å². The molecule has 3 aliphatic rings. The van der Waals surface area contributed by atoms with Crippen LogP contribution in [0.25, 0.3) is 58.4 Å². The van der Waals surface area contributed by atoms with Crippen LogP contribution in [0.5, 0.6) is 0 Å². The maximum atomic E-state index is 13.0. The number of nitrogens with zero attached hydrogens (tertiary/aromatic N) is 5. The van der Waals surface area contributed by atoms with Crippen LogP contribution in [0.1, 0.15) is 258 Å².